The topological polar surface area (TPSA) is 67.8 Å². The Morgan fingerprint density at radius 3 is 2.63 bits per heavy atom. The number of ether oxygens (including phenoxy) is 2. The van der Waals surface area contributed by atoms with Gasteiger partial charge in [-0.2, -0.15) is 11.8 Å². The normalized spacial score (nSPS) is 11.8. The Hall–Kier alpha value is -1.70. The van der Waals surface area contributed by atoms with E-state index in [9.17, 15) is 9.90 Å². The molecular formula is C20H24BrNO4S. The van der Waals surface area contributed by atoms with Gasteiger partial charge in [0, 0.05) is 16.6 Å². The molecule has 146 valence electrons. The summed E-state index contributed by atoms with van der Waals surface area (Å²) in [6.45, 7) is 0.753. The average molecular weight is 454 g/mol. The van der Waals surface area contributed by atoms with Crippen LogP contribution in [0, 0.1) is 0 Å². The van der Waals surface area contributed by atoms with Gasteiger partial charge in [0.1, 0.15) is 12.6 Å². The van der Waals surface area contributed by atoms with Crippen LogP contribution in [0.1, 0.15) is 17.5 Å². The van der Waals surface area contributed by atoms with Crippen LogP contribution in [0.3, 0.4) is 0 Å². The van der Waals surface area contributed by atoms with Crippen LogP contribution in [0.15, 0.2) is 46.9 Å². The molecule has 5 nitrogen and oxygen atoms in total. The van der Waals surface area contributed by atoms with Gasteiger partial charge in [0.05, 0.1) is 7.11 Å². The first-order chi connectivity index (χ1) is 13.1. The molecule has 0 heterocycles. The molecule has 27 heavy (non-hydrogen) atoms. The van der Waals surface area contributed by atoms with E-state index >= 15 is 0 Å². The van der Waals surface area contributed by atoms with Gasteiger partial charge in [-0.05, 0) is 36.1 Å². The van der Waals surface area contributed by atoms with Gasteiger partial charge in [-0.25, -0.2) is 0 Å². The largest absolute Gasteiger partial charge is 0.493 e. The summed E-state index contributed by atoms with van der Waals surface area (Å²) in [5.41, 5.74) is 1.88. The standard InChI is InChI=1S/C20H24BrNO4S/c1-25-18-9-8-16(21)15(12-22-17(20(23)24)10-11-27-2)19(18)26-13-14-6-4-3-5-7-14/h3-9,17,22H,10-13H2,1-2H3,(H,23,24). The van der Waals surface area contributed by atoms with Crippen LogP contribution in [-0.4, -0.2) is 36.2 Å². The zero-order chi connectivity index (χ0) is 19.6. The van der Waals surface area contributed by atoms with Crippen molar-refractivity contribution in [1.29, 1.82) is 0 Å². The fourth-order valence-electron chi connectivity index (χ4n) is 2.57. The van der Waals surface area contributed by atoms with Crippen molar-refractivity contribution in [2.75, 3.05) is 19.1 Å². The highest BCUT2D eigenvalue weighted by atomic mass is 79.9. The van der Waals surface area contributed by atoms with Crippen molar-refractivity contribution in [3.05, 3.63) is 58.1 Å². The molecule has 0 amide bonds. The third-order valence-electron chi connectivity index (χ3n) is 4.05. The van der Waals surface area contributed by atoms with E-state index in [4.69, 9.17) is 9.47 Å². The molecule has 1 unspecified atom stereocenters. The first kappa shape index (κ1) is 21.6. The van der Waals surface area contributed by atoms with Crippen molar-refractivity contribution in [3.63, 3.8) is 0 Å². The predicted molar refractivity (Wildman–Crippen MR) is 113 cm³/mol. The number of halogens is 1. The van der Waals surface area contributed by atoms with E-state index in [0.717, 1.165) is 21.4 Å². The molecule has 2 aromatic carbocycles. The molecule has 0 saturated heterocycles. The summed E-state index contributed by atoms with van der Waals surface area (Å²) < 4.78 is 12.3. The van der Waals surface area contributed by atoms with Crippen molar-refractivity contribution >= 4 is 33.7 Å². The second-order valence-electron chi connectivity index (χ2n) is 5.88. The smallest absolute Gasteiger partial charge is 0.320 e. The van der Waals surface area contributed by atoms with E-state index in [0.29, 0.717) is 31.1 Å². The maximum Gasteiger partial charge on any atom is 0.320 e. The van der Waals surface area contributed by atoms with Crippen LogP contribution >= 0.6 is 27.7 Å². The van der Waals surface area contributed by atoms with Crippen LogP contribution < -0.4 is 14.8 Å². The number of rotatable bonds is 11. The van der Waals surface area contributed by atoms with Crippen LogP contribution in [0.4, 0.5) is 0 Å². The monoisotopic (exact) mass is 453 g/mol. The molecule has 0 aliphatic rings. The number of carboxylic acid groups (broad SMARTS) is 1. The maximum atomic E-state index is 11.5. The van der Waals surface area contributed by atoms with E-state index in [-0.39, 0.29) is 0 Å². The second kappa shape index (κ2) is 11.2. The first-order valence-corrected chi connectivity index (χ1v) is 10.7. The quantitative estimate of drug-likeness (QED) is 0.527. The van der Waals surface area contributed by atoms with E-state index in [1.807, 2.05) is 48.7 Å². The third-order valence-corrected chi connectivity index (χ3v) is 5.43. The minimum absolute atomic E-state index is 0.354. The fourth-order valence-corrected chi connectivity index (χ4v) is 3.49. The number of carboxylic acids is 1. The van der Waals surface area contributed by atoms with E-state index < -0.39 is 12.0 Å². The summed E-state index contributed by atoms with van der Waals surface area (Å²) in [6.07, 6.45) is 2.52. The number of methoxy groups -OCH3 is 1. The van der Waals surface area contributed by atoms with Crippen LogP contribution in [0.2, 0.25) is 0 Å². The Kier molecular flexibility index (Phi) is 8.97. The molecule has 0 radical (unpaired) electrons. The number of thioether (sulfide) groups is 1. The van der Waals surface area contributed by atoms with E-state index in [2.05, 4.69) is 21.2 Å². The Balaban J connectivity index is 2.19. The molecule has 2 N–H and O–H groups in total. The van der Waals surface area contributed by atoms with Gasteiger partial charge in [-0.3, -0.25) is 4.79 Å². The predicted octanol–water partition coefficient (Wildman–Crippen LogP) is 4.33. The zero-order valence-corrected chi connectivity index (χ0v) is 17.8. The Morgan fingerprint density at radius 2 is 2.00 bits per heavy atom. The lowest BCUT2D eigenvalue weighted by molar-refractivity contribution is -0.139. The fraction of sp³-hybridized carbons (Fsp3) is 0.350. The zero-order valence-electron chi connectivity index (χ0n) is 15.4. The van der Waals surface area contributed by atoms with Crippen molar-refractivity contribution in [2.24, 2.45) is 0 Å². The van der Waals surface area contributed by atoms with Crippen LogP contribution in [0.5, 0.6) is 11.5 Å². The SMILES string of the molecule is COc1ccc(Br)c(CNC(CCSC)C(=O)O)c1OCc1ccccc1. The Morgan fingerprint density at radius 1 is 1.26 bits per heavy atom. The third kappa shape index (κ3) is 6.45. The molecule has 0 aliphatic heterocycles. The summed E-state index contributed by atoms with van der Waals surface area (Å²) >= 11 is 5.18. The highest BCUT2D eigenvalue weighted by Gasteiger charge is 2.20. The minimum atomic E-state index is -0.852. The molecule has 0 bridgehead atoms. The molecular weight excluding hydrogens is 430 g/mol. The highest BCUT2D eigenvalue weighted by molar-refractivity contribution is 9.10. The lowest BCUT2D eigenvalue weighted by Gasteiger charge is -2.19. The molecule has 0 aromatic heterocycles. The summed E-state index contributed by atoms with van der Waals surface area (Å²) in [6, 6.07) is 13.0. The lowest BCUT2D eigenvalue weighted by Crippen LogP contribution is -2.36. The van der Waals surface area contributed by atoms with Crippen LogP contribution in [-0.2, 0) is 17.9 Å². The highest BCUT2D eigenvalue weighted by Crippen LogP contribution is 2.37. The Bertz CT molecular complexity index is 742. The van der Waals surface area contributed by atoms with Gasteiger partial charge in [0.25, 0.3) is 0 Å². The molecule has 1 atom stereocenters. The van der Waals surface area contributed by atoms with Gasteiger partial charge in [0.15, 0.2) is 11.5 Å². The van der Waals surface area contributed by atoms with Gasteiger partial charge < -0.3 is 19.9 Å². The summed E-state index contributed by atoms with van der Waals surface area (Å²) in [5.74, 6) is 1.15. The van der Waals surface area contributed by atoms with Crippen molar-refractivity contribution in [2.45, 2.75) is 25.6 Å². The van der Waals surface area contributed by atoms with Gasteiger partial charge >= 0.3 is 5.97 Å². The number of hydrogen-bond acceptors (Lipinski definition) is 5. The number of carbonyl (C=O) groups is 1. The maximum absolute atomic E-state index is 11.5. The summed E-state index contributed by atoms with van der Waals surface area (Å²) in [4.78, 5) is 11.5. The number of hydrogen-bond donors (Lipinski definition) is 2. The first-order valence-electron chi connectivity index (χ1n) is 8.54. The summed E-state index contributed by atoms with van der Waals surface area (Å²) in [5, 5.41) is 12.6. The van der Waals surface area contributed by atoms with Crippen molar-refractivity contribution < 1.29 is 19.4 Å². The number of nitrogens with one attached hydrogen (secondary N) is 1. The van der Waals surface area contributed by atoms with Gasteiger partial charge in [-0.15, -0.1) is 0 Å². The molecule has 2 rings (SSSR count). The second-order valence-corrected chi connectivity index (χ2v) is 7.72. The summed E-state index contributed by atoms with van der Waals surface area (Å²) in [7, 11) is 1.59. The van der Waals surface area contributed by atoms with Gasteiger partial charge in [0.2, 0.25) is 0 Å². The Labute approximate surface area is 172 Å². The molecule has 2 aromatic rings. The molecule has 0 saturated carbocycles. The lowest BCUT2D eigenvalue weighted by atomic mass is 10.1. The molecule has 0 aliphatic carbocycles. The van der Waals surface area contributed by atoms with Crippen molar-refractivity contribution in [3.8, 4) is 11.5 Å². The minimum Gasteiger partial charge on any atom is -0.493 e. The number of benzene rings is 2. The average Bonchev–Trinajstić information content (AvgIpc) is 2.68. The van der Waals surface area contributed by atoms with Crippen LogP contribution in [0.25, 0.3) is 0 Å². The molecule has 7 heteroatoms. The van der Waals surface area contributed by atoms with Gasteiger partial charge in [-0.1, -0.05) is 46.3 Å². The molecule has 0 fully saturated rings. The van der Waals surface area contributed by atoms with E-state index in [1.165, 1.54) is 0 Å². The molecule has 0 spiro atoms. The number of aliphatic carboxylic acids is 1. The van der Waals surface area contributed by atoms with E-state index in [1.54, 1.807) is 18.9 Å². The van der Waals surface area contributed by atoms with Crippen molar-refractivity contribution in [1.82, 2.24) is 5.32 Å².